The Hall–Kier alpha value is -2.37. The summed E-state index contributed by atoms with van der Waals surface area (Å²) in [6.45, 7) is 2.58. The van der Waals surface area contributed by atoms with Gasteiger partial charge in [-0.15, -0.1) is 0 Å². The van der Waals surface area contributed by atoms with E-state index in [1.807, 2.05) is 30.6 Å². The van der Waals surface area contributed by atoms with Gasteiger partial charge in [0.25, 0.3) is 0 Å². The summed E-state index contributed by atoms with van der Waals surface area (Å²) in [5, 5.41) is 4.38. The van der Waals surface area contributed by atoms with E-state index >= 15 is 0 Å². The van der Waals surface area contributed by atoms with E-state index in [4.69, 9.17) is 0 Å². The minimum absolute atomic E-state index is 0.212. The maximum atomic E-state index is 13.9. The van der Waals surface area contributed by atoms with E-state index in [-0.39, 0.29) is 5.82 Å². The van der Waals surface area contributed by atoms with Crippen LogP contribution in [0.3, 0.4) is 0 Å². The first-order valence-electron chi connectivity index (χ1n) is 9.06. The van der Waals surface area contributed by atoms with Gasteiger partial charge in [-0.1, -0.05) is 12.1 Å². The van der Waals surface area contributed by atoms with Crippen LogP contribution in [0.15, 0.2) is 55.0 Å². The van der Waals surface area contributed by atoms with E-state index in [0.717, 1.165) is 36.0 Å². The van der Waals surface area contributed by atoms with Gasteiger partial charge in [-0.2, -0.15) is 0 Å². The molecule has 5 heteroatoms. The molecule has 0 spiro atoms. The average Bonchev–Trinajstić information content (AvgIpc) is 3.03. The maximum absolute atomic E-state index is 13.9. The lowest BCUT2D eigenvalue weighted by molar-refractivity contribution is 0.271. The van der Waals surface area contributed by atoms with Crippen molar-refractivity contribution in [3.05, 3.63) is 71.9 Å². The number of pyridine rings is 2. The van der Waals surface area contributed by atoms with Crippen molar-refractivity contribution < 1.29 is 4.39 Å². The molecule has 4 rings (SSSR count). The standard InChI is InChI=1S/C21H23FN4/c1-26-9-6-17(21(26)16-5-2-7-23-12-16)13-24-14-18-11-19(22)10-15-4-3-8-25-20(15)18/h2-5,7-8,10-12,17,21,24H,6,9,13-14H2,1H3/t17-,21-/m0/s1. The Morgan fingerprint density at radius 3 is 2.96 bits per heavy atom. The Kier molecular flexibility index (Phi) is 4.91. The van der Waals surface area contributed by atoms with Crippen LogP contribution in [0.5, 0.6) is 0 Å². The lowest BCUT2D eigenvalue weighted by Crippen LogP contribution is -2.28. The summed E-state index contributed by atoms with van der Waals surface area (Å²) in [6, 6.07) is 11.4. The topological polar surface area (TPSA) is 41.0 Å². The van der Waals surface area contributed by atoms with Crippen LogP contribution in [0.25, 0.3) is 10.9 Å². The molecule has 0 amide bonds. The molecule has 0 radical (unpaired) electrons. The molecule has 1 aromatic carbocycles. The van der Waals surface area contributed by atoms with Crippen molar-refractivity contribution in [2.75, 3.05) is 20.1 Å². The minimum Gasteiger partial charge on any atom is -0.312 e. The van der Waals surface area contributed by atoms with Crippen LogP contribution in [0.1, 0.15) is 23.6 Å². The number of nitrogens with one attached hydrogen (secondary N) is 1. The number of nitrogens with zero attached hydrogens (tertiary/aromatic N) is 3. The summed E-state index contributed by atoms with van der Waals surface area (Å²) in [5.74, 6) is 0.299. The quantitative estimate of drug-likeness (QED) is 0.764. The molecule has 1 aliphatic rings. The van der Waals surface area contributed by atoms with Gasteiger partial charge >= 0.3 is 0 Å². The lowest BCUT2D eigenvalue weighted by atomic mass is 9.94. The fourth-order valence-corrected chi connectivity index (χ4v) is 4.07. The van der Waals surface area contributed by atoms with E-state index in [0.29, 0.717) is 18.5 Å². The fraction of sp³-hybridized carbons (Fsp3) is 0.333. The van der Waals surface area contributed by atoms with Crippen molar-refractivity contribution >= 4 is 10.9 Å². The number of hydrogen-bond acceptors (Lipinski definition) is 4. The third kappa shape index (κ3) is 3.45. The summed E-state index contributed by atoms with van der Waals surface area (Å²) in [5.41, 5.74) is 3.04. The molecule has 0 saturated carbocycles. The molecule has 4 nitrogen and oxygen atoms in total. The van der Waals surface area contributed by atoms with Crippen molar-refractivity contribution in [3.8, 4) is 0 Å². The molecule has 1 fully saturated rings. The van der Waals surface area contributed by atoms with Crippen molar-refractivity contribution in [2.24, 2.45) is 5.92 Å². The molecule has 3 heterocycles. The van der Waals surface area contributed by atoms with E-state index < -0.39 is 0 Å². The molecule has 1 N–H and O–H groups in total. The molecule has 134 valence electrons. The highest BCUT2D eigenvalue weighted by molar-refractivity contribution is 5.81. The molecule has 3 aromatic rings. The summed E-state index contributed by atoms with van der Waals surface area (Å²) >= 11 is 0. The summed E-state index contributed by atoms with van der Waals surface area (Å²) in [7, 11) is 2.17. The third-order valence-corrected chi connectivity index (χ3v) is 5.27. The smallest absolute Gasteiger partial charge is 0.124 e. The normalized spacial score (nSPS) is 20.7. The summed E-state index contributed by atoms with van der Waals surface area (Å²) in [4.78, 5) is 11.1. The van der Waals surface area contributed by atoms with Gasteiger partial charge in [0.05, 0.1) is 5.52 Å². The van der Waals surface area contributed by atoms with Gasteiger partial charge in [-0.25, -0.2) is 4.39 Å². The zero-order valence-electron chi connectivity index (χ0n) is 14.9. The lowest BCUT2D eigenvalue weighted by Gasteiger charge is -2.25. The van der Waals surface area contributed by atoms with E-state index in [2.05, 4.69) is 33.3 Å². The van der Waals surface area contributed by atoms with Gasteiger partial charge < -0.3 is 5.32 Å². The second kappa shape index (κ2) is 7.48. The molecule has 0 aliphatic carbocycles. The summed E-state index contributed by atoms with van der Waals surface area (Å²) in [6.07, 6.45) is 6.68. The summed E-state index contributed by atoms with van der Waals surface area (Å²) < 4.78 is 13.9. The van der Waals surface area contributed by atoms with Crippen LogP contribution >= 0.6 is 0 Å². The van der Waals surface area contributed by atoms with Crippen molar-refractivity contribution in [1.29, 1.82) is 0 Å². The highest BCUT2D eigenvalue weighted by Crippen LogP contribution is 2.35. The van der Waals surface area contributed by atoms with Gasteiger partial charge in [0.2, 0.25) is 0 Å². The van der Waals surface area contributed by atoms with Gasteiger partial charge in [-0.05, 0) is 61.3 Å². The van der Waals surface area contributed by atoms with E-state index in [9.17, 15) is 4.39 Å². The SMILES string of the molecule is CN1CC[C@@H](CNCc2cc(F)cc3cccnc23)[C@@H]1c1cccnc1. The molecule has 2 atom stereocenters. The maximum Gasteiger partial charge on any atom is 0.124 e. The Balaban J connectivity index is 1.46. The fourth-order valence-electron chi connectivity index (χ4n) is 4.07. The number of fused-ring (bicyclic) bond motifs is 1. The molecule has 1 saturated heterocycles. The number of benzene rings is 1. The first-order chi connectivity index (χ1) is 12.7. The number of likely N-dealkylation sites (tertiary alicyclic amines) is 1. The largest absolute Gasteiger partial charge is 0.312 e. The van der Waals surface area contributed by atoms with Gasteiger partial charge in [0.15, 0.2) is 0 Å². The van der Waals surface area contributed by atoms with Crippen LogP contribution < -0.4 is 5.32 Å². The van der Waals surface area contributed by atoms with Gasteiger partial charge in [-0.3, -0.25) is 14.9 Å². The predicted molar refractivity (Wildman–Crippen MR) is 101 cm³/mol. The first-order valence-corrected chi connectivity index (χ1v) is 9.06. The van der Waals surface area contributed by atoms with E-state index in [1.165, 1.54) is 11.6 Å². The number of halogens is 1. The molecule has 1 aliphatic heterocycles. The first kappa shape index (κ1) is 17.1. The highest BCUT2D eigenvalue weighted by atomic mass is 19.1. The number of aromatic nitrogens is 2. The van der Waals surface area contributed by atoms with Crippen LogP contribution in [-0.2, 0) is 6.54 Å². The molecular weight excluding hydrogens is 327 g/mol. The van der Waals surface area contributed by atoms with Crippen molar-refractivity contribution in [1.82, 2.24) is 20.2 Å². The number of rotatable bonds is 5. The van der Waals surface area contributed by atoms with Crippen molar-refractivity contribution in [2.45, 2.75) is 19.0 Å². The Morgan fingerprint density at radius 1 is 1.23 bits per heavy atom. The van der Waals surface area contributed by atoms with E-state index in [1.54, 1.807) is 12.3 Å². The molecule has 0 bridgehead atoms. The molecule has 2 aromatic heterocycles. The Morgan fingerprint density at radius 2 is 2.12 bits per heavy atom. The molecule has 0 unspecified atom stereocenters. The monoisotopic (exact) mass is 350 g/mol. The highest BCUT2D eigenvalue weighted by Gasteiger charge is 2.32. The Labute approximate surface area is 153 Å². The second-order valence-electron chi connectivity index (χ2n) is 7.03. The average molecular weight is 350 g/mol. The second-order valence-corrected chi connectivity index (χ2v) is 7.03. The minimum atomic E-state index is -0.212. The van der Waals surface area contributed by atoms with Crippen molar-refractivity contribution in [3.63, 3.8) is 0 Å². The zero-order chi connectivity index (χ0) is 17.9. The van der Waals surface area contributed by atoms with Gasteiger partial charge in [0.1, 0.15) is 5.82 Å². The molecule has 26 heavy (non-hydrogen) atoms. The Bertz CT molecular complexity index is 884. The molecular formula is C21H23FN4. The van der Waals surface area contributed by atoms with Crippen LogP contribution in [0.4, 0.5) is 4.39 Å². The van der Waals surface area contributed by atoms with Crippen LogP contribution in [0.2, 0.25) is 0 Å². The third-order valence-electron chi connectivity index (χ3n) is 5.27. The van der Waals surface area contributed by atoms with Crippen LogP contribution in [-0.4, -0.2) is 35.0 Å². The zero-order valence-corrected chi connectivity index (χ0v) is 14.9. The van der Waals surface area contributed by atoms with Gasteiger partial charge in [0, 0.05) is 43.1 Å². The van der Waals surface area contributed by atoms with Crippen LogP contribution in [0, 0.1) is 11.7 Å². The number of hydrogen-bond donors (Lipinski definition) is 1. The predicted octanol–water partition coefficient (Wildman–Crippen LogP) is 3.55.